The number of rotatable bonds is 4. The van der Waals surface area contributed by atoms with E-state index in [9.17, 15) is 4.79 Å². The summed E-state index contributed by atoms with van der Waals surface area (Å²) in [6.45, 7) is 1.88. The third-order valence-electron chi connectivity index (χ3n) is 8.64. The molecular weight excluding hydrogens is 434 g/mol. The van der Waals surface area contributed by atoms with Crippen molar-refractivity contribution in [3.63, 3.8) is 0 Å². The average Bonchev–Trinajstić information content (AvgIpc) is 3.46. The molecule has 0 N–H and O–H groups in total. The van der Waals surface area contributed by atoms with E-state index in [1.54, 1.807) is 0 Å². The van der Waals surface area contributed by atoms with Crippen LogP contribution in [0.3, 0.4) is 0 Å². The highest BCUT2D eigenvalue weighted by molar-refractivity contribution is 6.32. The molecule has 2 aromatic carbocycles. The fraction of sp³-hybridized carbons (Fsp3) is 0.379. The Bertz CT molecular complexity index is 1320. The second-order valence-electron chi connectivity index (χ2n) is 11.0. The zero-order valence-electron chi connectivity index (χ0n) is 20.0. The van der Waals surface area contributed by atoms with Gasteiger partial charge in [-0.25, -0.2) is 4.68 Å². The number of anilines is 1. The molecule has 1 aliphatic heterocycles. The van der Waals surface area contributed by atoms with Gasteiger partial charge in [0.15, 0.2) is 0 Å². The Morgan fingerprint density at radius 2 is 1.54 bits per heavy atom. The number of nitrogens with zero attached hydrogens (tertiary/aromatic N) is 5. The number of carbonyl (C=O) groups is 1. The van der Waals surface area contributed by atoms with Crippen molar-refractivity contribution in [1.29, 1.82) is 0 Å². The van der Waals surface area contributed by atoms with Crippen LogP contribution in [0, 0.1) is 17.8 Å². The van der Waals surface area contributed by atoms with Gasteiger partial charge in [0.2, 0.25) is 0 Å². The molecule has 0 saturated heterocycles. The first-order chi connectivity index (χ1) is 17.1. The second kappa shape index (κ2) is 7.74. The van der Waals surface area contributed by atoms with Gasteiger partial charge in [0.25, 0.3) is 5.91 Å². The summed E-state index contributed by atoms with van der Waals surface area (Å²) in [7, 11) is 0. The molecule has 0 radical (unpaired) electrons. The molecule has 1 aromatic heterocycles. The normalized spacial score (nSPS) is 30.4. The summed E-state index contributed by atoms with van der Waals surface area (Å²) in [5.74, 6) is 2.53. The molecule has 6 heteroatoms. The van der Waals surface area contributed by atoms with E-state index in [1.165, 1.54) is 49.2 Å². The maximum atomic E-state index is 13.0. The highest BCUT2D eigenvalue weighted by atomic mass is 16.2. The number of amides is 1. The summed E-state index contributed by atoms with van der Waals surface area (Å²) in [5.41, 5.74) is 5.65. The lowest BCUT2D eigenvalue weighted by Gasteiger charge is -2.56. The molecule has 5 aliphatic rings. The number of para-hydroxylation sites is 1. The highest BCUT2D eigenvalue weighted by Gasteiger charge is 2.53. The first-order valence-electron chi connectivity index (χ1n) is 12.8. The fourth-order valence-electron chi connectivity index (χ4n) is 7.52. The predicted octanol–water partition coefficient (Wildman–Crippen LogP) is 5.54. The molecule has 3 aromatic rings. The zero-order chi connectivity index (χ0) is 23.6. The van der Waals surface area contributed by atoms with Crippen molar-refractivity contribution in [2.75, 3.05) is 5.01 Å². The Labute approximate surface area is 205 Å². The van der Waals surface area contributed by atoms with Crippen LogP contribution < -0.4 is 5.01 Å². The molecular formula is C29H29N5O. The van der Waals surface area contributed by atoms with Crippen LogP contribution in [-0.4, -0.2) is 26.6 Å². The number of benzene rings is 2. The van der Waals surface area contributed by atoms with Crippen LogP contribution in [0.4, 0.5) is 5.69 Å². The van der Waals surface area contributed by atoms with Crippen LogP contribution in [0.15, 0.2) is 71.5 Å². The molecule has 6 nitrogen and oxygen atoms in total. The largest absolute Gasteiger partial charge is 0.280 e. The van der Waals surface area contributed by atoms with Gasteiger partial charge in [-0.05, 0) is 99.1 Å². The van der Waals surface area contributed by atoms with Crippen molar-refractivity contribution >= 4 is 23.4 Å². The van der Waals surface area contributed by atoms with Gasteiger partial charge in [-0.1, -0.05) is 35.5 Å². The van der Waals surface area contributed by atoms with Gasteiger partial charge in [0.1, 0.15) is 0 Å². The third-order valence-corrected chi connectivity index (χ3v) is 8.64. The summed E-state index contributed by atoms with van der Waals surface area (Å²) in [5, 5.41) is 14.8. The second-order valence-corrected chi connectivity index (χ2v) is 11.0. The van der Waals surface area contributed by atoms with E-state index < -0.39 is 0 Å². The molecule has 0 spiro atoms. The lowest BCUT2D eigenvalue weighted by Crippen LogP contribution is -2.49. The molecule has 4 bridgehead atoms. The van der Waals surface area contributed by atoms with Gasteiger partial charge in [0, 0.05) is 5.41 Å². The van der Waals surface area contributed by atoms with Crippen LogP contribution >= 0.6 is 0 Å². The molecule has 1 amide bonds. The summed E-state index contributed by atoms with van der Waals surface area (Å²) < 4.78 is 2.06. The lowest BCUT2D eigenvalue weighted by molar-refractivity contribution is -0.114. The molecule has 0 atom stereocenters. The number of hydrogen-bond acceptors (Lipinski definition) is 4. The maximum Gasteiger partial charge on any atom is 0.280 e. The quantitative estimate of drug-likeness (QED) is 0.477. The fourth-order valence-corrected chi connectivity index (χ4v) is 7.52. The smallest absolute Gasteiger partial charge is 0.267 e. The summed E-state index contributed by atoms with van der Waals surface area (Å²) in [6, 6.07) is 17.8. The predicted molar refractivity (Wildman–Crippen MR) is 136 cm³/mol. The maximum absolute atomic E-state index is 13.0. The van der Waals surface area contributed by atoms with Crippen molar-refractivity contribution in [2.45, 2.75) is 50.9 Å². The number of hydrogen-bond donors (Lipinski definition) is 0. The Morgan fingerprint density at radius 1 is 0.886 bits per heavy atom. The van der Waals surface area contributed by atoms with E-state index in [0.29, 0.717) is 5.57 Å². The molecule has 2 heterocycles. The van der Waals surface area contributed by atoms with Crippen molar-refractivity contribution in [3.05, 3.63) is 77.6 Å². The van der Waals surface area contributed by atoms with Crippen LogP contribution in [0.25, 0.3) is 11.8 Å². The number of carbonyl (C=O) groups excluding carboxylic acids is 1. The number of hydrazone groups is 1. The molecule has 35 heavy (non-hydrogen) atoms. The molecule has 176 valence electrons. The Morgan fingerprint density at radius 3 is 2.20 bits per heavy atom. The van der Waals surface area contributed by atoms with Gasteiger partial charge < -0.3 is 0 Å². The van der Waals surface area contributed by atoms with Crippen molar-refractivity contribution < 1.29 is 4.79 Å². The molecule has 8 rings (SSSR count). The standard InChI is InChI=1S/C29H29N5O/c1-19-26(28(35)34(31-19)24-5-3-2-4-6-24)14-20-7-9-25(10-8-20)33-27(18-30-32-33)29-15-21-11-22(16-29)13-23(12-21)17-29/h2-10,14,18,21-23H,11-13,15-17H2,1H3/b26-14+. The SMILES string of the molecule is CC1=NN(c2ccccc2)C(=O)/C1=C/c1ccc(-n2nncc2C23CC4CC(CC(C4)C2)C3)cc1. The van der Waals surface area contributed by atoms with Gasteiger partial charge in [-0.2, -0.15) is 10.1 Å². The van der Waals surface area contributed by atoms with Gasteiger partial charge in [0.05, 0.1) is 34.6 Å². The minimum absolute atomic E-state index is 0.0989. The van der Waals surface area contributed by atoms with Crippen molar-refractivity contribution in [1.82, 2.24) is 15.0 Å². The first kappa shape index (κ1) is 20.8. The third kappa shape index (κ3) is 3.38. The van der Waals surface area contributed by atoms with E-state index in [-0.39, 0.29) is 11.3 Å². The topological polar surface area (TPSA) is 63.4 Å². The Balaban J connectivity index is 1.16. The van der Waals surface area contributed by atoms with E-state index in [0.717, 1.165) is 40.4 Å². The molecule has 0 unspecified atom stereocenters. The Hall–Kier alpha value is -3.54. The van der Waals surface area contributed by atoms with E-state index in [4.69, 9.17) is 0 Å². The molecule has 4 aliphatic carbocycles. The highest BCUT2D eigenvalue weighted by Crippen LogP contribution is 2.60. The monoisotopic (exact) mass is 463 g/mol. The van der Waals surface area contributed by atoms with Crippen LogP contribution in [-0.2, 0) is 10.2 Å². The minimum atomic E-state index is -0.0989. The molecule has 4 fully saturated rings. The van der Waals surface area contributed by atoms with Crippen molar-refractivity contribution in [2.24, 2.45) is 22.9 Å². The summed E-state index contributed by atoms with van der Waals surface area (Å²) in [6.07, 6.45) is 12.1. The van der Waals surface area contributed by atoms with E-state index >= 15 is 0 Å². The van der Waals surface area contributed by atoms with E-state index in [1.807, 2.05) is 49.5 Å². The summed E-state index contributed by atoms with van der Waals surface area (Å²) >= 11 is 0. The van der Waals surface area contributed by atoms with E-state index in [2.05, 4.69) is 44.4 Å². The van der Waals surface area contributed by atoms with Crippen molar-refractivity contribution in [3.8, 4) is 5.69 Å². The summed E-state index contributed by atoms with van der Waals surface area (Å²) in [4.78, 5) is 13.0. The van der Waals surface area contributed by atoms with Crippen LogP contribution in [0.2, 0.25) is 0 Å². The van der Waals surface area contributed by atoms with Crippen LogP contribution in [0.5, 0.6) is 0 Å². The number of aromatic nitrogens is 3. The molecule has 4 saturated carbocycles. The Kier molecular flexibility index (Phi) is 4.60. The lowest BCUT2D eigenvalue weighted by atomic mass is 9.49. The van der Waals surface area contributed by atoms with Gasteiger partial charge in [-0.3, -0.25) is 4.79 Å². The van der Waals surface area contributed by atoms with Gasteiger partial charge >= 0.3 is 0 Å². The first-order valence-corrected chi connectivity index (χ1v) is 12.8. The average molecular weight is 464 g/mol. The van der Waals surface area contributed by atoms with Gasteiger partial charge in [-0.15, -0.1) is 5.10 Å². The zero-order valence-corrected chi connectivity index (χ0v) is 20.0. The van der Waals surface area contributed by atoms with Crippen LogP contribution in [0.1, 0.15) is 56.7 Å². The minimum Gasteiger partial charge on any atom is -0.267 e.